The third-order valence-electron chi connectivity index (χ3n) is 7.81. The maximum atomic E-state index is 13.5. The highest BCUT2D eigenvalue weighted by Gasteiger charge is 2.43. The second-order valence-corrected chi connectivity index (χ2v) is 12.9. The lowest BCUT2D eigenvalue weighted by Gasteiger charge is -2.33. The summed E-state index contributed by atoms with van der Waals surface area (Å²) in [7, 11) is 2.20. The summed E-state index contributed by atoms with van der Waals surface area (Å²) in [5.74, 6) is -1.30. The third-order valence-corrected chi connectivity index (χ3v) is 10.0. The van der Waals surface area contributed by atoms with Gasteiger partial charge in [0.2, 0.25) is 10.0 Å². The molecule has 2 radical (unpaired) electrons. The summed E-state index contributed by atoms with van der Waals surface area (Å²) < 4.78 is 68.9. The van der Waals surface area contributed by atoms with Crippen molar-refractivity contribution in [2.24, 2.45) is 0 Å². The highest BCUT2D eigenvalue weighted by Crippen LogP contribution is 2.31. The number of alkyl halides is 3. The van der Waals surface area contributed by atoms with Gasteiger partial charge in [-0.3, -0.25) is 4.79 Å². The fourth-order valence-electron chi connectivity index (χ4n) is 5.53. The van der Waals surface area contributed by atoms with Crippen molar-refractivity contribution in [2.45, 2.75) is 42.9 Å². The van der Waals surface area contributed by atoms with Crippen LogP contribution in [0.15, 0.2) is 59.6 Å². The molecule has 15 heteroatoms. The number of carbonyl (C=O) groups is 1. The molecular formula is C28H25BClF3N6O3S. The second kappa shape index (κ2) is 11.1. The number of amides is 1. The lowest BCUT2D eigenvalue weighted by atomic mass is 10.00. The molecule has 0 spiro atoms. The molecule has 2 aliphatic rings. The number of sulfonamides is 1. The molecule has 6 rings (SSSR count). The molecule has 0 atom stereocenters. The summed E-state index contributed by atoms with van der Waals surface area (Å²) in [6.45, 7) is 0.0789. The van der Waals surface area contributed by atoms with Crippen molar-refractivity contribution in [2.75, 3.05) is 25.0 Å². The molecule has 4 heterocycles. The van der Waals surface area contributed by atoms with Crippen LogP contribution in [0, 0.1) is 0 Å². The van der Waals surface area contributed by atoms with Crippen LogP contribution in [0.1, 0.15) is 24.0 Å². The van der Waals surface area contributed by atoms with Crippen molar-refractivity contribution in [3.05, 3.63) is 70.9 Å². The fourth-order valence-corrected chi connectivity index (χ4v) is 7.29. The number of anilines is 1. The van der Waals surface area contributed by atoms with Crippen molar-refractivity contribution in [3.63, 3.8) is 0 Å². The second-order valence-electron chi connectivity index (χ2n) is 10.6. The van der Waals surface area contributed by atoms with Gasteiger partial charge in [-0.1, -0.05) is 35.9 Å². The van der Waals surface area contributed by atoms with Gasteiger partial charge in [0.25, 0.3) is 0 Å². The van der Waals surface area contributed by atoms with E-state index < -0.39 is 22.1 Å². The van der Waals surface area contributed by atoms with E-state index in [9.17, 15) is 26.4 Å². The van der Waals surface area contributed by atoms with E-state index in [0.29, 0.717) is 50.9 Å². The summed E-state index contributed by atoms with van der Waals surface area (Å²) >= 11 is 6.42. The van der Waals surface area contributed by atoms with E-state index in [4.69, 9.17) is 19.4 Å². The van der Waals surface area contributed by atoms with Crippen molar-refractivity contribution in [3.8, 4) is 11.3 Å². The minimum Gasteiger partial charge on any atom is -0.367 e. The minimum absolute atomic E-state index is 0.00814. The molecule has 2 aliphatic heterocycles. The number of piperidine rings is 1. The summed E-state index contributed by atoms with van der Waals surface area (Å²) in [6.07, 6.45) is -2.28. The average Bonchev–Trinajstić information content (AvgIpc) is 3.36. The first-order chi connectivity index (χ1) is 20.4. The normalized spacial score (nSPS) is 16.8. The number of hydrogen-bond donors (Lipinski definition) is 1. The third kappa shape index (κ3) is 5.70. The minimum atomic E-state index is -4.98. The topological polar surface area (TPSA) is 99.9 Å². The van der Waals surface area contributed by atoms with Crippen LogP contribution in [0.5, 0.6) is 0 Å². The van der Waals surface area contributed by atoms with Gasteiger partial charge in [0.05, 0.1) is 10.6 Å². The molecule has 0 aliphatic carbocycles. The lowest BCUT2D eigenvalue weighted by Crippen LogP contribution is -2.44. The van der Waals surface area contributed by atoms with E-state index in [1.54, 1.807) is 16.6 Å². The summed E-state index contributed by atoms with van der Waals surface area (Å²) in [4.78, 5) is 17.1. The van der Waals surface area contributed by atoms with Crippen LogP contribution >= 0.6 is 11.6 Å². The zero-order valence-corrected chi connectivity index (χ0v) is 24.3. The molecule has 2 aromatic heterocycles. The van der Waals surface area contributed by atoms with Crippen LogP contribution in [0.2, 0.25) is 5.02 Å². The van der Waals surface area contributed by atoms with Gasteiger partial charge in [0, 0.05) is 55.1 Å². The van der Waals surface area contributed by atoms with E-state index in [1.807, 2.05) is 24.3 Å². The van der Waals surface area contributed by atoms with Crippen LogP contribution in [-0.4, -0.2) is 77.8 Å². The predicted octanol–water partition coefficient (Wildman–Crippen LogP) is 3.56. The van der Waals surface area contributed by atoms with E-state index >= 15 is 0 Å². The van der Waals surface area contributed by atoms with Crippen molar-refractivity contribution >= 4 is 52.3 Å². The van der Waals surface area contributed by atoms with Gasteiger partial charge in [-0.2, -0.15) is 27.1 Å². The van der Waals surface area contributed by atoms with Gasteiger partial charge in [-0.15, -0.1) is 0 Å². The average molecular weight is 629 g/mol. The molecule has 1 amide bonds. The quantitative estimate of drug-likeness (QED) is 0.340. The van der Waals surface area contributed by atoms with Crippen molar-refractivity contribution in [1.29, 1.82) is 0 Å². The zero-order valence-electron chi connectivity index (χ0n) is 22.7. The Balaban J connectivity index is 1.18. The number of nitrogens with zero attached hydrogens (tertiary/aromatic N) is 5. The Bertz CT molecular complexity index is 1830. The maximum Gasteiger partial charge on any atom is 0.471 e. The Morgan fingerprint density at radius 2 is 1.79 bits per heavy atom. The summed E-state index contributed by atoms with van der Waals surface area (Å²) in [6, 6.07) is 13.5. The Labute approximate surface area is 252 Å². The molecule has 1 fully saturated rings. The number of rotatable bonds is 5. The van der Waals surface area contributed by atoms with E-state index in [2.05, 4.69) is 15.4 Å². The monoisotopic (exact) mass is 628 g/mol. The first-order valence-electron chi connectivity index (χ1n) is 13.6. The van der Waals surface area contributed by atoms with Crippen LogP contribution in [0.25, 0.3) is 16.9 Å². The summed E-state index contributed by atoms with van der Waals surface area (Å²) in [5, 5.41) is 8.33. The van der Waals surface area contributed by atoms with Gasteiger partial charge in [0.15, 0.2) is 5.65 Å². The SMILES string of the molecule is [B]c1cnn2c(NC3CCN(S(=O)(=O)c4ccc5c(c4)CN(C(=O)C(F)(F)F)CC5)CC3)cc(-c3ccccc3Cl)nc12. The van der Waals surface area contributed by atoms with Gasteiger partial charge >= 0.3 is 12.1 Å². The van der Waals surface area contributed by atoms with Crippen LogP contribution < -0.4 is 10.8 Å². The number of hydrogen-bond acceptors (Lipinski definition) is 6. The standard InChI is InChI=1S/C28H25BClF3N6O3S/c29-22-15-34-39-25(14-24(36-26(22)39)21-3-1-2-4-23(21)30)35-19-8-11-38(12-9-19)43(41,42)20-6-5-17-7-10-37(16-18(17)13-20)27(40)28(31,32)33/h1-6,13-15,19,35H,7-12,16H2. The van der Waals surface area contributed by atoms with E-state index in [0.717, 1.165) is 11.1 Å². The van der Waals surface area contributed by atoms with Crippen molar-refractivity contribution < 1.29 is 26.4 Å². The number of nitrogens with one attached hydrogen (secondary N) is 1. The van der Waals surface area contributed by atoms with Crippen LogP contribution in [-0.2, 0) is 27.8 Å². The Morgan fingerprint density at radius 1 is 1.05 bits per heavy atom. The van der Waals surface area contributed by atoms with Gasteiger partial charge < -0.3 is 10.2 Å². The van der Waals surface area contributed by atoms with Crippen LogP contribution in [0.3, 0.4) is 0 Å². The number of aromatic nitrogens is 3. The number of benzene rings is 2. The molecule has 0 saturated carbocycles. The van der Waals surface area contributed by atoms with Gasteiger partial charge in [0.1, 0.15) is 13.7 Å². The number of carbonyl (C=O) groups excluding carboxylic acids is 1. The number of fused-ring (bicyclic) bond motifs is 2. The zero-order chi connectivity index (χ0) is 30.5. The molecule has 1 N–H and O–H groups in total. The molecule has 2 aromatic carbocycles. The largest absolute Gasteiger partial charge is 0.471 e. The highest BCUT2D eigenvalue weighted by atomic mass is 35.5. The highest BCUT2D eigenvalue weighted by molar-refractivity contribution is 7.89. The first kappa shape index (κ1) is 29.5. The molecular weight excluding hydrogens is 604 g/mol. The Morgan fingerprint density at radius 3 is 2.51 bits per heavy atom. The van der Waals surface area contributed by atoms with E-state index in [1.165, 1.54) is 22.6 Å². The molecule has 43 heavy (non-hydrogen) atoms. The lowest BCUT2D eigenvalue weighted by molar-refractivity contribution is -0.186. The molecule has 0 bridgehead atoms. The van der Waals surface area contributed by atoms with Crippen molar-refractivity contribution in [1.82, 2.24) is 23.8 Å². The number of halogens is 4. The predicted molar refractivity (Wildman–Crippen MR) is 156 cm³/mol. The summed E-state index contributed by atoms with van der Waals surface area (Å²) in [5.41, 5.74) is 3.32. The van der Waals surface area contributed by atoms with Gasteiger partial charge in [-0.25, -0.2) is 13.4 Å². The molecule has 9 nitrogen and oxygen atoms in total. The molecule has 4 aromatic rings. The first-order valence-corrected chi connectivity index (χ1v) is 15.4. The smallest absolute Gasteiger partial charge is 0.367 e. The van der Waals surface area contributed by atoms with E-state index in [-0.39, 0.29) is 43.5 Å². The molecule has 0 unspecified atom stereocenters. The van der Waals surface area contributed by atoms with Crippen LogP contribution in [0.4, 0.5) is 19.0 Å². The Hall–Kier alpha value is -3.62. The Kier molecular flexibility index (Phi) is 7.63. The fraction of sp³-hybridized carbons (Fsp3) is 0.321. The molecule has 1 saturated heterocycles. The molecule has 222 valence electrons. The maximum absolute atomic E-state index is 13.5. The van der Waals surface area contributed by atoms with Gasteiger partial charge in [-0.05, 0) is 54.1 Å².